The molecule has 0 aliphatic heterocycles. The number of fused-ring (bicyclic) bond motifs is 1. The predicted molar refractivity (Wildman–Crippen MR) is 113 cm³/mol. The Balaban J connectivity index is 1.95. The molecule has 4 nitrogen and oxygen atoms in total. The van der Waals surface area contributed by atoms with E-state index in [9.17, 15) is 13.6 Å². The van der Waals surface area contributed by atoms with Crippen LogP contribution >= 0.6 is 23.1 Å². The minimum absolute atomic E-state index is 0.0875. The highest BCUT2D eigenvalue weighted by atomic mass is 32.2. The van der Waals surface area contributed by atoms with Crippen LogP contribution in [0.25, 0.3) is 10.2 Å². The van der Waals surface area contributed by atoms with E-state index in [0.717, 1.165) is 35.3 Å². The van der Waals surface area contributed by atoms with E-state index in [2.05, 4.69) is 4.98 Å². The lowest BCUT2D eigenvalue weighted by atomic mass is 10.2. The van der Waals surface area contributed by atoms with Gasteiger partial charge in [-0.05, 0) is 63.6 Å². The molecule has 0 N–H and O–H groups in total. The number of anilines is 1. The SMILES string of the molecule is CSc1ccc(C(=O)N(CCCN(C)C)c2nc3c(F)cc(F)cc3s2)cc1. The van der Waals surface area contributed by atoms with Crippen molar-refractivity contribution in [1.29, 1.82) is 0 Å². The van der Waals surface area contributed by atoms with Crippen molar-refractivity contribution in [2.24, 2.45) is 0 Å². The molecule has 0 aliphatic carbocycles. The van der Waals surface area contributed by atoms with Crippen LogP contribution in [0, 0.1) is 11.6 Å². The normalized spacial score (nSPS) is 11.4. The zero-order valence-electron chi connectivity index (χ0n) is 15.9. The molecule has 1 aromatic heterocycles. The summed E-state index contributed by atoms with van der Waals surface area (Å²) in [6, 6.07) is 9.40. The van der Waals surface area contributed by atoms with Gasteiger partial charge in [0.05, 0.1) is 4.70 Å². The van der Waals surface area contributed by atoms with Gasteiger partial charge in [0.2, 0.25) is 0 Å². The molecule has 0 saturated carbocycles. The van der Waals surface area contributed by atoms with E-state index in [1.807, 2.05) is 37.4 Å². The van der Waals surface area contributed by atoms with E-state index in [1.54, 1.807) is 28.8 Å². The summed E-state index contributed by atoms with van der Waals surface area (Å²) in [6.45, 7) is 1.23. The lowest BCUT2D eigenvalue weighted by molar-refractivity contribution is 0.0986. The minimum Gasteiger partial charge on any atom is -0.309 e. The molecule has 0 saturated heterocycles. The van der Waals surface area contributed by atoms with Gasteiger partial charge in [-0.25, -0.2) is 13.8 Å². The number of hydrogen-bond donors (Lipinski definition) is 0. The van der Waals surface area contributed by atoms with Crippen LogP contribution < -0.4 is 4.90 Å². The van der Waals surface area contributed by atoms with Crippen molar-refractivity contribution in [3.05, 3.63) is 53.6 Å². The van der Waals surface area contributed by atoms with Crippen molar-refractivity contribution >= 4 is 44.4 Å². The third kappa shape index (κ3) is 4.68. The smallest absolute Gasteiger partial charge is 0.260 e. The molecule has 28 heavy (non-hydrogen) atoms. The highest BCUT2D eigenvalue weighted by molar-refractivity contribution is 7.98. The van der Waals surface area contributed by atoms with Crippen molar-refractivity contribution in [3.8, 4) is 0 Å². The molecule has 0 aliphatic rings. The molecule has 0 unspecified atom stereocenters. The lowest BCUT2D eigenvalue weighted by Gasteiger charge is -2.21. The van der Waals surface area contributed by atoms with Gasteiger partial charge in [0.1, 0.15) is 11.3 Å². The predicted octanol–water partition coefficient (Wildman–Crippen LogP) is 4.89. The molecule has 0 atom stereocenters. The Kier molecular flexibility index (Phi) is 6.64. The topological polar surface area (TPSA) is 36.4 Å². The maximum Gasteiger partial charge on any atom is 0.260 e. The molecule has 0 spiro atoms. The molecule has 3 aromatic rings. The van der Waals surface area contributed by atoms with Crippen molar-refractivity contribution in [3.63, 3.8) is 0 Å². The number of thiazole rings is 1. The molecular weight excluding hydrogens is 400 g/mol. The first-order valence-electron chi connectivity index (χ1n) is 8.75. The second-order valence-electron chi connectivity index (χ2n) is 6.57. The molecular formula is C20H21F2N3OS2. The first-order chi connectivity index (χ1) is 13.4. The van der Waals surface area contributed by atoms with Crippen LogP contribution in [0.2, 0.25) is 0 Å². The largest absolute Gasteiger partial charge is 0.309 e. The number of aromatic nitrogens is 1. The standard InChI is InChI=1S/C20H21F2N3OS2/c1-24(2)9-4-10-25(19(26)13-5-7-15(27-3)8-6-13)20-23-18-16(22)11-14(21)12-17(18)28-20/h5-8,11-12H,4,9-10H2,1-3H3. The van der Waals surface area contributed by atoms with Gasteiger partial charge < -0.3 is 4.90 Å². The Morgan fingerprint density at radius 1 is 1.14 bits per heavy atom. The lowest BCUT2D eigenvalue weighted by Crippen LogP contribution is -2.33. The summed E-state index contributed by atoms with van der Waals surface area (Å²) >= 11 is 2.72. The zero-order valence-corrected chi connectivity index (χ0v) is 17.5. The first kappa shape index (κ1) is 20.7. The summed E-state index contributed by atoms with van der Waals surface area (Å²) in [5.74, 6) is -1.58. The van der Waals surface area contributed by atoms with Gasteiger partial charge in [0, 0.05) is 23.1 Å². The number of rotatable bonds is 7. The van der Waals surface area contributed by atoms with Crippen LogP contribution in [0.5, 0.6) is 0 Å². The third-order valence-corrected chi connectivity index (χ3v) is 5.97. The Hall–Kier alpha value is -2.03. The van der Waals surface area contributed by atoms with Crippen LogP contribution in [-0.4, -0.2) is 49.2 Å². The van der Waals surface area contributed by atoms with Crippen molar-refractivity contribution < 1.29 is 13.6 Å². The maximum atomic E-state index is 14.1. The van der Waals surface area contributed by atoms with E-state index < -0.39 is 11.6 Å². The zero-order chi connectivity index (χ0) is 20.3. The van der Waals surface area contributed by atoms with E-state index in [0.29, 0.717) is 21.9 Å². The summed E-state index contributed by atoms with van der Waals surface area (Å²) < 4.78 is 28.0. The Morgan fingerprint density at radius 2 is 1.86 bits per heavy atom. The monoisotopic (exact) mass is 421 g/mol. The second-order valence-corrected chi connectivity index (χ2v) is 8.46. The molecule has 8 heteroatoms. The average molecular weight is 422 g/mol. The third-order valence-electron chi connectivity index (χ3n) is 4.20. The number of thioether (sulfide) groups is 1. The first-order valence-corrected chi connectivity index (χ1v) is 10.8. The van der Waals surface area contributed by atoms with Crippen molar-refractivity contribution in [1.82, 2.24) is 9.88 Å². The fourth-order valence-electron chi connectivity index (χ4n) is 2.78. The number of nitrogens with zero attached hydrogens (tertiary/aromatic N) is 3. The Labute approximate surface area is 171 Å². The summed E-state index contributed by atoms with van der Waals surface area (Å²) in [7, 11) is 3.92. The molecule has 1 amide bonds. The molecule has 0 fully saturated rings. The fraction of sp³-hybridized carbons (Fsp3) is 0.300. The Morgan fingerprint density at radius 3 is 2.50 bits per heavy atom. The van der Waals surface area contributed by atoms with Crippen LogP contribution in [-0.2, 0) is 0 Å². The van der Waals surface area contributed by atoms with E-state index in [4.69, 9.17) is 0 Å². The number of hydrogen-bond acceptors (Lipinski definition) is 5. The average Bonchev–Trinajstić information content (AvgIpc) is 3.08. The highest BCUT2D eigenvalue weighted by Crippen LogP contribution is 2.32. The quantitative estimate of drug-likeness (QED) is 0.509. The number of halogens is 2. The minimum atomic E-state index is -0.720. The number of amides is 1. The number of benzene rings is 2. The van der Waals surface area contributed by atoms with E-state index >= 15 is 0 Å². The number of carbonyl (C=O) groups is 1. The fourth-order valence-corrected chi connectivity index (χ4v) is 4.22. The molecule has 0 bridgehead atoms. The van der Waals surface area contributed by atoms with Gasteiger partial charge >= 0.3 is 0 Å². The van der Waals surface area contributed by atoms with Crippen LogP contribution in [0.15, 0.2) is 41.3 Å². The molecule has 1 heterocycles. The molecule has 2 aromatic carbocycles. The summed E-state index contributed by atoms with van der Waals surface area (Å²) in [4.78, 5) is 22.1. The van der Waals surface area contributed by atoms with Crippen LogP contribution in [0.3, 0.4) is 0 Å². The van der Waals surface area contributed by atoms with Gasteiger partial charge in [0.15, 0.2) is 10.9 Å². The summed E-state index contributed by atoms with van der Waals surface area (Å²) in [6.07, 6.45) is 2.70. The van der Waals surface area contributed by atoms with Crippen molar-refractivity contribution in [2.45, 2.75) is 11.3 Å². The van der Waals surface area contributed by atoms with Crippen molar-refractivity contribution in [2.75, 3.05) is 38.3 Å². The van der Waals surface area contributed by atoms with E-state index in [1.165, 1.54) is 6.07 Å². The highest BCUT2D eigenvalue weighted by Gasteiger charge is 2.22. The summed E-state index contributed by atoms with van der Waals surface area (Å²) in [5.41, 5.74) is 0.623. The van der Waals surface area contributed by atoms with Gasteiger partial charge in [0.25, 0.3) is 5.91 Å². The van der Waals surface area contributed by atoms with Gasteiger partial charge in [-0.1, -0.05) is 11.3 Å². The second kappa shape index (κ2) is 8.98. The summed E-state index contributed by atoms with van der Waals surface area (Å²) in [5, 5.41) is 0.372. The van der Waals surface area contributed by atoms with Crippen LogP contribution in [0.4, 0.5) is 13.9 Å². The van der Waals surface area contributed by atoms with Gasteiger partial charge in [-0.2, -0.15) is 0 Å². The molecule has 0 radical (unpaired) electrons. The molecule has 148 valence electrons. The van der Waals surface area contributed by atoms with Gasteiger partial charge in [-0.15, -0.1) is 11.8 Å². The van der Waals surface area contributed by atoms with Crippen LogP contribution in [0.1, 0.15) is 16.8 Å². The van der Waals surface area contributed by atoms with Gasteiger partial charge in [-0.3, -0.25) is 9.69 Å². The number of carbonyl (C=O) groups excluding carboxylic acids is 1. The maximum absolute atomic E-state index is 14.1. The van der Waals surface area contributed by atoms with E-state index in [-0.39, 0.29) is 11.4 Å². The Bertz CT molecular complexity index is 973. The molecule has 3 rings (SSSR count).